The van der Waals surface area contributed by atoms with E-state index in [1.165, 1.54) is 0 Å². The number of rotatable bonds is 0. The van der Waals surface area contributed by atoms with Gasteiger partial charge in [-0.1, -0.05) is 8.58 Å². The highest BCUT2D eigenvalue weighted by atomic mass is 31.1. The lowest BCUT2D eigenvalue weighted by Crippen LogP contribution is -2.38. The number of hydrogen-bond donors (Lipinski definition) is 3. The van der Waals surface area contributed by atoms with Crippen LogP contribution in [-0.4, -0.2) is 25.9 Å². The summed E-state index contributed by atoms with van der Waals surface area (Å²) in [7, 11) is 1.03. The molecule has 0 saturated carbocycles. The zero-order valence-electron chi connectivity index (χ0n) is 4.83. The van der Waals surface area contributed by atoms with Crippen LogP contribution >= 0.6 is 8.58 Å². The fraction of sp³-hybridized carbons (Fsp3) is 1.00. The molecule has 3 nitrogen and oxygen atoms in total. The van der Waals surface area contributed by atoms with Crippen LogP contribution in [0.25, 0.3) is 0 Å². The molecule has 1 aliphatic rings. The van der Waals surface area contributed by atoms with Gasteiger partial charge in [0.25, 0.3) is 0 Å². The molecule has 0 amide bonds. The fourth-order valence-electron chi connectivity index (χ4n) is 0.604. The van der Waals surface area contributed by atoms with E-state index in [0.717, 1.165) is 34.5 Å². The lowest BCUT2D eigenvalue weighted by molar-refractivity contribution is 0.570. The zero-order chi connectivity index (χ0) is 5.66. The molecule has 1 aliphatic heterocycles. The SMILES string of the molecule is C1NCNCPCN1. The van der Waals surface area contributed by atoms with E-state index in [-0.39, 0.29) is 0 Å². The third kappa shape index (κ3) is 2.58. The summed E-state index contributed by atoms with van der Waals surface area (Å²) in [6.07, 6.45) is 2.31. The highest BCUT2D eigenvalue weighted by Crippen LogP contribution is 2.02. The van der Waals surface area contributed by atoms with Gasteiger partial charge in [0.15, 0.2) is 0 Å². The van der Waals surface area contributed by atoms with Gasteiger partial charge in [-0.15, -0.1) is 0 Å². The normalized spacial score (nSPS) is 24.0. The first-order valence-corrected chi connectivity index (χ1v) is 4.24. The highest BCUT2D eigenvalue weighted by Gasteiger charge is 1.90. The average molecular weight is 133 g/mol. The predicted octanol–water partition coefficient (Wildman–Crippen LogP) is -0.723. The molecule has 48 valence electrons. The molecule has 0 aromatic heterocycles. The molecule has 1 saturated heterocycles. The van der Waals surface area contributed by atoms with Crippen LogP contribution in [0.5, 0.6) is 0 Å². The van der Waals surface area contributed by atoms with E-state index >= 15 is 0 Å². The van der Waals surface area contributed by atoms with E-state index in [1.807, 2.05) is 0 Å². The van der Waals surface area contributed by atoms with E-state index in [2.05, 4.69) is 16.0 Å². The van der Waals surface area contributed by atoms with Gasteiger partial charge in [0.05, 0.1) is 0 Å². The Bertz CT molecular complexity index is 35.2. The summed E-state index contributed by atoms with van der Waals surface area (Å²) in [6.45, 7) is 1.89. The molecule has 0 radical (unpaired) electrons. The highest BCUT2D eigenvalue weighted by molar-refractivity contribution is 7.37. The van der Waals surface area contributed by atoms with Crippen molar-refractivity contribution in [2.45, 2.75) is 0 Å². The summed E-state index contributed by atoms with van der Waals surface area (Å²) in [5, 5.41) is 9.67. The first-order valence-electron chi connectivity index (χ1n) is 2.83. The van der Waals surface area contributed by atoms with Gasteiger partial charge >= 0.3 is 0 Å². The molecule has 0 aliphatic carbocycles. The lowest BCUT2D eigenvalue weighted by Gasteiger charge is -2.11. The third-order valence-corrected chi connectivity index (χ3v) is 2.00. The largest absolute Gasteiger partial charge is 0.301 e. The van der Waals surface area contributed by atoms with Gasteiger partial charge in [0.2, 0.25) is 0 Å². The van der Waals surface area contributed by atoms with Gasteiger partial charge in [-0.05, 0) is 0 Å². The van der Waals surface area contributed by atoms with Crippen LogP contribution in [0, 0.1) is 0 Å². The smallest absolute Gasteiger partial charge is 0.0467 e. The molecule has 0 spiro atoms. The van der Waals surface area contributed by atoms with Crippen LogP contribution in [0.2, 0.25) is 0 Å². The minimum atomic E-state index is 0.944. The minimum absolute atomic E-state index is 0.944. The van der Waals surface area contributed by atoms with Crippen LogP contribution < -0.4 is 16.0 Å². The Balaban J connectivity index is 2.00. The molecule has 0 bridgehead atoms. The Morgan fingerprint density at radius 2 is 1.50 bits per heavy atom. The quantitative estimate of drug-likeness (QED) is 0.381. The molecule has 0 aromatic rings. The lowest BCUT2D eigenvalue weighted by atomic mass is 10.9. The molecule has 0 atom stereocenters. The van der Waals surface area contributed by atoms with Crippen molar-refractivity contribution in [3.63, 3.8) is 0 Å². The summed E-state index contributed by atoms with van der Waals surface area (Å²) in [4.78, 5) is 0. The number of nitrogens with one attached hydrogen (secondary N) is 3. The summed E-state index contributed by atoms with van der Waals surface area (Å²) in [6, 6.07) is 0. The van der Waals surface area contributed by atoms with E-state index in [1.54, 1.807) is 0 Å². The molecule has 0 aromatic carbocycles. The van der Waals surface area contributed by atoms with Crippen molar-refractivity contribution in [3.8, 4) is 0 Å². The molecule has 1 fully saturated rings. The minimum Gasteiger partial charge on any atom is -0.301 e. The van der Waals surface area contributed by atoms with Crippen LogP contribution in [0.15, 0.2) is 0 Å². The van der Waals surface area contributed by atoms with Crippen molar-refractivity contribution >= 4 is 8.58 Å². The van der Waals surface area contributed by atoms with Gasteiger partial charge in [-0.3, -0.25) is 5.32 Å². The molecule has 0 unspecified atom stereocenters. The second kappa shape index (κ2) is 4.21. The molecule has 1 heterocycles. The maximum Gasteiger partial charge on any atom is 0.0467 e. The third-order valence-electron chi connectivity index (χ3n) is 1.000. The maximum atomic E-state index is 3.25. The van der Waals surface area contributed by atoms with Crippen LogP contribution in [0.1, 0.15) is 0 Å². The summed E-state index contributed by atoms with van der Waals surface area (Å²) in [5.74, 6) is 0. The second-order valence-electron chi connectivity index (χ2n) is 1.71. The summed E-state index contributed by atoms with van der Waals surface area (Å²) in [5.41, 5.74) is 0. The Morgan fingerprint density at radius 1 is 0.875 bits per heavy atom. The van der Waals surface area contributed by atoms with E-state index in [4.69, 9.17) is 0 Å². The van der Waals surface area contributed by atoms with Gasteiger partial charge < -0.3 is 10.6 Å². The van der Waals surface area contributed by atoms with E-state index in [9.17, 15) is 0 Å². The zero-order valence-corrected chi connectivity index (χ0v) is 5.83. The van der Waals surface area contributed by atoms with Gasteiger partial charge in [0.1, 0.15) is 0 Å². The van der Waals surface area contributed by atoms with Crippen molar-refractivity contribution < 1.29 is 0 Å². The number of hydrogen-bond acceptors (Lipinski definition) is 3. The van der Waals surface area contributed by atoms with Crippen LogP contribution in [-0.2, 0) is 0 Å². The topological polar surface area (TPSA) is 36.1 Å². The Hall–Kier alpha value is 0.310. The molecule has 8 heavy (non-hydrogen) atoms. The first kappa shape index (κ1) is 6.43. The Kier molecular flexibility index (Phi) is 3.39. The molecule has 1 rings (SSSR count). The molecule has 3 N–H and O–H groups in total. The second-order valence-corrected chi connectivity index (χ2v) is 2.91. The monoisotopic (exact) mass is 133 g/mol. The fourth-order valence-corrected chi connectivity index (χ4v) is 1.33. The van der Waals surface area contributed by atoms with Gasteiger partial charge in [-0.25, -0.2) is 0 Å². The predicted molar refractivity (Wildman–Crippen MR) is 37.2 cm³/mol. The van der Waals surface area contributed by atoms with Crippen molar-refractivity contribution in [2.75, 3.05) is 25.9 Å². The van der Waals surface area contributed by atoms with Crippen molar-refractivity contribution in [1.29, 1.82) is 0 Å². The van der Waals surface area contributed by atoms with Crippen LogP contribution in [0.4, 0.5) is 0 Å². The maximum absolute atomic E-state index is 3.25. The summed E-state index contributed by atoms with van der Waals surface area (Å²) >= 11 is 0. The van der Waals surface area contributed by atoms with Gasteiger partial charge in [-0.2, -0.15) is 0 Å². The van der Waals surface area contributed by atoms with E-state index in [0.29, 0.717) is 0 Å². The Labute approximate surface area is 51.4 Å². The molecule has 4 heteroatoms. The van der Waals surface area contributed by atoms with E-state index < -0.39 is 0 Å². The van der Waals surface area contributed by atoms with Crippen LogP contribution in [0.3, 0.4) is 0 Å². The van der Waals surface area contributed by atoms with Crippen molar-refractivity contribution in [3.05, 3.63) is 0 Å². The van der Waals surface area contributed by atoms with Crippen molar-refractivity contribution in [1.82, 2.24) is 16.0 Å². The first-order chi connectivity index (χ1) is 4.00. The Morgan fingerprint density at radius 3 is 2.12 bits per heavy atom. The summed E-state index contributed by atoms with van der Waals surface area (Å²) < 4.78 is 0. The molecular weight excluding hydrogens is 121 g/mol. The standard InChI is InChI=1S/C4H12N3P/c1-5-2-7-4-8-3-6-1/h5-8H,1-4H2. The van der Waals surface area contributed by atoms with Gasteiger partial charge in [0, 0.05) is 25.9 Å². The average Bonchev–Trinajstić information content (AvgIpc) is 1.62. The van der Waals surface area contributed by atoms with Crippen molar-refractivity contribution in [2.24, 2.45) is 0 Å². The molecular formula is C4H12N3P.